The van der Waals surface area contributed by atoms with Gasteiger partial charge in [0.2, 0.25) is 5.82 Å². The SMILES string of the molecule is Cc1cccc2[nH]cc(C3=CCN(c4nc5sccn5c4[N+](=O)[O-])CC3)c12. The molecule has 0 radical (unpaired) electrons. The summed E-state index contributed by atoms with van der Waals surface area (Å²) in [4.78, 5) is 21.7. The van der Waals surface area contributed by atoms with Crippen LogP contribution in [0.4, 0.5) is 11.6 Å². The van der Waals surface area contributed by atoms with Crippen LogP contribution in [0.5, 0.6) is 0 Å². The molecule has 7 nitrogen and oxygen atoms in total. The Morgan fingerprint density at radius 1 is 1.37 bits per heavy atom. The van der Waals surface area contributed by atoms with Crippen LogP contribution >= 0.6 is 11.3 Å². The van der Waals surface area contributed by atoms with Crippen molar-refractivity contribution in [2.24, 2.45) is 0 Å². The van der Waals surface area contributed by atoms with Crippen molar-refractivity contribution in [2.45, 2.75) is 13.3 Å². The Morgan fingerprint density at radius 3 is 3.04 bits per heavy atom. The van der Waals surface area contributed by atoms with Crippen LogP contribution in [-0.4, -0.2) is 32.4 Å². The van der Waals surface area contributed by atoms with E-state index in [1.54, 1.807) is 10.6 Å². The summed E-state index contributed by atoms with van der Waals surface area (Å²) in [5.74, 6) is 0.503. The van der Waals surface area contributed by atoms with Crippen LogP contribution in [0, 0.1) is 17.0 Å². The van der Waals surface area contributed by atoms with E-state index < -0.39 is 0 Å². The molecule has 4 aromatic rings. The van der Waals surface area contributed by atoms with Crippen molar-refractivity contribution in [2.75, 3.05) is 18.0 Å². The summed E-state index contributed by atoms with van der Waals surface area (Å²) in [7, 11) is 0. The van der Waals surface area contributed by atoms with Gasteiger partial charge in [-0.3, -0.25) is 0 Å². The van der Waals surface area contributed by atoms with E-state index in [4.69, 9.17) is 0 Å². The van der Waals surface area contributed by atoms with Crippen LogP contribution in [0.1, 0.15) is 17.5 Å². The molecule has 0 amide bonds. The number of hydrogen-bond acceptors (Lipinski definition) is 5. The molecule has 27 heavy (non-hydrogen) atoms. The van der Waals surface area contributed by atoms with Crippen molar-refractivity contribution in [1.82, 2.24) is 14.4 Å². The highest BCUT2D eigenvalue weighted by atomic mass is 32.1. The van der Waals surface area contributed by atoms with E-state index in [9.17, 15) is 10.1 Å². The summed E-state index contributed by atoms with van der Waals surface area (Å²) >= 11 is 1.41. The predicted octanol–water partition coefficient (Wildman–Crippen LogP) is 4.39. The fourth-order valence-corrected chi connectivity index (χ4v) is 4.58. The zero-order valence-corrected chi connectivity index (χ0v) is 15.5. The lowest BCUT2D eigenvalue weighted by Crippen LogP contribution is -2.29. The molecule has 1 aliphatic rings. The number of aryl methyl sites for hydroxylation is 1. The van der Waals surface area contributed by atoms with E-state index in [0.717, 1.165) is 11.9 Å². The van der Waals surface area contributed by atoms with Gasteiger partial charge in [-0.25, -0.2) is 0 Å². The average Bonchev–Trinajstić information content (AvgIpc) is 3.35. The third-order valence-electron chi connectivity index (χ3n) is 5.16. The van der Waals surface area contributed by atoms with Crippen LogP contribution in [0.15, 0.2) is 42.0 Å². The molecule has 0 saturated heterocycles. The maximum absolute atomic E-state index is 11.6. The van der Waals surface area contributed by atoms with E-state index in [1.807, 2.05) is 10.3 Å². The minimum Gasteiger partial charge on any atom is -0.361 e. The molecular weight excluding hydrogens is 362 g/mol. The van der Waals surface area contributed by atoms with Gasteiger partial charge in [-0.05, 0) is 35.5 Å². The van der Waals surface area contributed by atoms with Gasteiger partial charge >= 0.3 is 5.82 Å². The van der Waals surface area contributed by atoms with Crippen LogP contribution in [0.2, 0.25) is 0 Å². The Kier molecular flexibility index (Phi) is 3.54. The van der Waals surface area contributed by atoms with E-state index in [0.29, 0.717) is 23.9 Å². The number of nitro groups is 1. The Balaban J connectivity index is 1.51. The molecule has 0 fully saturated rings. The van der Waals surface area contributed by atoms with Gasteiger partial charge in [0.1, 0.15) is 6.20 Å². The molecule has 0 saturated carbocycles. The maximum atomic E-state index is 11.6. The van der Waals surface area contributed by atoms with Crippen molar-refractivity contribution >= 4 is 44.4 Å². The first kappa shape index (κ1) is 16.1. The predicted molar refractivity (Wildman–Crippen MR) is 108 cm³/mol. The van der Waals surface area contributed by atoms with E-state index in [2.05, 4.69) is 47.4 Å². The molecule has 0 atom stereocenters. The molecule has 0 unspecified atom stereocenters. The van der Waals surface area contributed by atoms with Crippen LogP contribution in [-0.2, 0) is 0 Å². The molecule has 5 rings (SSSR count). The number of fused-ring (bicyclic) bond motifs is 2. The third-order valence-corrected chi connectivity index (χ3v) is 5.92. The van der Waals surface area contributed by atoms with Gasteiger partial charge in [0.25, 0.3) is 4.96 Å². The molecule has 136 valence electrons. The number of aromatic amines is 1. The van der Waals surface area contributed by atoms with Crippen LogP contribution < -0.4 is 4.90 Å². The number of anilines is 1. The van der Waals surface area contributed by atoms with Gasteiger partial charge in [0, 0.05) is 41.1 Å². The lowest BCUT2D eigenvalue weighted by molar-refractivity contribution is -0.389. The van der Waals surface area contributed by atoms with Gasteiger partial charge in [-0.1, -0.05) is 29.5 Å². The smallest absolute Gasteiger partial charge is 0.361 e. The van der Waals surface area contributed by atoms with Gasteiger partial charge < -0.3 is 20.0 Å². The number of nitrogens with zero attached hydrogens (tertiary/aromatic N) is 4. The Labute approximate surface area is 158 Å². The molecule has 4 heterocycles. The third kappa shape index (κ3) is 2.44. The monoisotopic (exact) mass is 379 g/mol. The second-order valence-electron chi connectivity index (χ2n) is 6.70. The molecule has 3 aromatic heterocycles. The molecule has 8 heteroatoms. The van der Waals surface area contributed by atoms with Crippen molar-refractivity contribution in [3.63, 3.8) is 0 Å². The molecule has 1 N–H and O–H groups in total. The molecule has 1 aliphatic heterocycles. The highest BCUT2D eigenvalue weighted by molar-refractivity contribution is 7.15. The second-order valence-corrected chi connectivity index (χ2v) is 7.57. The van der Waals surface area contributed by atoms with Crippen LogP contribution in [0.3, 0.4) is 0 Å². The van der Waals surface area contributed by atoms with Crippen LogP contribution in [0.25, 0.3) is 21.4 Å². The number of H-pyrrole nitrogens is 1. The Hall–Kier alpha value is -3.13. The summed E-state index contributed by atoms with van der Waals surface area (Å²) in [5.41, 5.74) is 4.88. The highest BCUT2D eigenvalue weighted by Crippen LogP contribution is 2.35. The van der Waals surface area contributed by atoms with Crippen molar-refractivity contribution in [1.29, 1.82) is 0 Å². The molecule has 0 aliphatic carbocycles. The first-order chi connectivity index (χ1) is 13.1. The summed E-state index contributed by atoms with van der Waals surface area (Å²) < 4.78 is 1.56. The topological polar surface area (TPSA) is 79.5 Å². The first-order valence-electron chi connectivity index (χ1n) is 8.74. The van der Waals surface area contributed by atoms with Gasteiger partial charge in [0.15, 0.2) is 0 Å². The largest absolute Gasteiger partial charge is 0.373 e. The van der Waals surface area contributed by atoms with Crippen molar-refractivity contribution in [3.05, 3.63) is 63.3 Å². The number of nitrogens with one attached hydrogen (secondary N) is 1. The zero-order chi connectivity index (χ0) is 18.5. The molecule has 1 aromatic carbocycles. The Morgan fingerprint density at radius 2 is 2.26 bits per heavy atom. The quantitative estimate of drug-likeness (QED) is 0.423. The zero-order valence-electron chi connectivity index (χ0n) is 14.7. The highest BCUT2D eigenvalue weighted by Gasteiger charge is 2.29. The second kappa shape index (κ2) is 5.95. The molecule has 0 spiro atoms. The Bertz CT molecular complexity index is 1220. The van der Waals surface area contributed by atoms with E-state index >= 15 is 0 Å². The lowest BCUT2D eigenvalue weighted by atomic mass is 9.97. The summed E-state index contributed by atoms with van der Waals surface area (Å²) in [6, 6.07) is 6.26. The number of hydrogen-bond donors (Lipinski definition) is 1. The number of benzene rings is 1. The van der Waals surface area contributed by atoms with E-state index in [1.165, 1.54) is 33.4 Å². The lowest BCUT2D eigenvalue weighted by Gasteiger charge is -2.26. The number of imidazole rings is 1. The van der Waals surface area contributed by atoms with E-state index in [-0.39, 0.29) is 10.7 Å². The number of thiazole rings is 1. The van der Waals surface area contributed by atoms with Crippen molar-refractivity contribution < 1.29 is 4.92 Å². The van der Waals surface area contributed by atoms with Gasteiger partial charge in [-0.15, -0.1) is 0 Å². The minimum absolute atomic E-state index is 0.0473. The minimum atomic E-state index is -0.343. The number of rotatable bonds is 3. The number of aromatic nitrogens is 3. The molecule has 0 bridgehead atoms. The maximum Gasteiger partial charge on any atom is 0.373 e. The summed E-state index contributed by atoms with van der Waals surface area (Å²) in [6.07, 6.45) is 6.75. The summed E-state index contributed by atoms with van der Waals surface area (Å²) in [5, 5.41) is 14.6. The first-order valence-corrected chi connectivity index (χ1v) is 9.62. The van der Waals surface area contributed by atoms with Gasteiger partial charge in [-0.2, -0.15) is 9.38 Å². The summed E-state index contributed by atoms with van der Waals surface area (Å²) in [6.45, 7) is 3.44. The standard InChI is InChI=1S/C19H17N5O2S/c1-12-3-2-4-15-16(12)14(11-20-15)13-5-7-22(8-6-13)17-18(24(25)26)23-9-10-27-19(23)21-17/h2-5,9-11,20H,6-8H2,1H3. The molecular formula is C19H17N5O2S. The van der Waals surface area contributed by atoms with Gasteiger partial charge in [0.05, 0.1) is 0 Å². The normalized spacial score (nSPS) is 14.9. The van der Waals surface area contributed by atoms with Crippen molar-refractivity contribution in [3.8, 4) is 0 Å². The fourth-order valence-electron chi connectivity index (χ4n) is 3.87. The average molecular weight is 379 g/mol. The fraction of sp³-hybridized carbons (Fsp3) is 0.211.